The Hall–Kier alpha value is -2.78. The number of aromatic nitrogens is 3. The van der Waals surface area contributed by atoms with Crippen molar-refractivity contribution < 1.29 is 17.9 Å². The summed E-state index contributed by atoms with van der Waals surface area (Å²) in [6.45, 7) is -0.491. The molecule has 0 aliphatic rings. The van der Waals surface area contributed by atoms with E-state index in [9.17, 15) is 18.0 Å². The highest BCUT2D eigenvalue weighted by Gasteiger charge is 2.17. The molecular formula is C16H12ClN3O5S. The molecule has 0 atom stereocenters. The third-order valence-electron chi connectivity index (χ3n) is 3.53. The van der Waals surface area contributed by atoms with Crippen molar-refractivity contribution in [1.29, 1.82) is 0 Å². The Balaban J connectivity index is 1.86. The molecule has 0 saturated heterocycles. The number of carbonyl (C=O) groups excluding carboxylic acids is 1. The van der Waals surface area contributed by atoms with Gasteiger partial charge >= 0.3 is 5.97 Å². The summed E-state index contributed by atoms with van der Waals surface area (Å²) < 4.78 is 29.1. The summed E-state index contributed by atoms with van der Waals surface area (Å²) in [6.07, 6.45) is 1.01. The van der Waals surface area contributed by atoms with Gasteiger partial charge in [-0.05, 0) is 30.3 Å². The Bertz CT molecular complexity index is 1170. The average Bonchev–Trinajstić information content (AvgIpc) is 2.60. The van der Waals surface area contributed by atoms with E-state index in [1.165, 1.54) is 12.1 Å². The van der Waals surface area contributed by atoms with Crippen LogP contribution in [0.5, 0.6) is 0 Å². The minimum absolute atomic E-state index is 0.0272. The molecule has 0 aliphatic carbocycles. The lowest BCUT2D eigenvalue weighted by Crippen LogP contribution is -2.26. The van der Waals surface area contributed by atoms with Crippen molar-refractivity contribution in [3.8, 4) is 0 Å². The zero-order valence-corrected chi connectivity index (χ0v) is 15.0. The third-order valence-corrected chi connectivity index (χ3v) is 4.97. The first-order valence-electron chi connectivity index (χ1n) is 7.26. The van der Waals surface area contributed by atoms with Crippen LogP contribution in [0, 0.1) is 0 Å². The zero-order valence-electron chi connectivity index (χ0n) is 13.4. The van der Waals surface area contributed by atoms with E-state index in [2.05, 4.69) is 10.3 Å². The fourth-order valence-corrected chi connectivity index (χ4v) is 3.04. The molecule has 1 aromatic heterocycles. The van der Waals surface area contributed by atoms with E-state index in [1.807, 2.05) is 0 Å². The number of ether oxygens (including phenoxy) is 1. The molecule has 3 rings (SSSR count). The van der Waals surface area contributed by atoms with Gasteiger partial charge in [0.05, 0.1) is 20.9 Å². The molecule has 0 unspecified atom stereocenters. The molecular weight excluding hydrogens is 382 g/mol. The fourth-order valence-electron chi connectivity index (χ4n) is 2.20. The first kappa shape index (κ1) is 18.0. The van der Waals surface area contributed by atoms with E-state index < -0.39 is 28.1 Å². The molecule has 8 nitrogen and oxygen atoms in total. The van der Waals surface area contributed by atoms with Crippen LogP contribution in [0.3, 0.4) is 0 Å². The zero-order chi connectivity index (χ0) is 18.9. The molecule has 0 fully saturated rings. The highest BCUT2D eigenvalue weighted by atomic mass is 35.5. The summed E-state index contributed by atoms with van der Waals surface area (Å²) in [7, 11) is -3.52. The number of benzene rings is 2. The van der Waals surface area contributed by atoms with Crippen LogP contribution in [0.1, 0.15) is 10.4 Å². The molecule has 0 saturated carbocycles. The van der Waals surface area contributed by atoms with Gasteiger partial charge in [-0.25, -0.2) is 13.2 Å². The normalized spacial score (nSPS) is 11.5. The van der Waals surface area contributed by atoms with Gasteiger partial charge in [-0.2, -0.15) is 4.68 Å². The first-order valence-corrected chi connectivity index (χ1v) is 9.53. The van der Waals surface area contributed by atoms with Crippen LogP contribution in [0.15, 0.2) is 52.2 Å². The highest BCUT2D eigenvalue weighted by molar-refractivity contribution is 7.90. The summed E-state index contributed by atoms with van der Waals surface area (Å²) in [5.74, 6) is -0.887. The number of halogens is 1. The summed E-state index contributed by atoms with van der Waals surface area (Å²) in [5, 5.41) is 7.93. The van der Waals surface area contributed by atoms with E-state index in [4.69, 9.17) is 16.3 Å². The van der Waals surface area contributed by atoms with Crippen LogP contribution in [0.4, 0.5) is 0 Å². The summed E-state index contributed by atoms with van der Waals surface area (Å²) in [6, 6.07) is 10.3. The van der Waals surface area contributed by atoms with Gasteiger partial charge in [-0.15, -0.1) is 5.10 Å². The van der Waals surface area contributed by atoms with E-state index in [0.717, 1.165) is 17.0 Å². The van der Waals surface area contributed by atoms with E-state index in [-0.39, 0.29) is 15.5 Å². The Morgan fingerprint density at radius 2 is 1.96 bits per heavy atom. The van der Waals surface area contributed by atoms with Crippen LogP contribution in [-0.4, -0.2) is 35.6 Å². The van der Waals surface area contributed by atoms with Gasteiger partial charge in [0.15, 0.2) is 16.6 Å². The topological polar surface area (TPSA) is 108 Å². The lowest BCUT2D eigenvalue weighted by molar-refractivity contribution is 0.0336. The maximum Gasteiger partial charge on any atom is 0.341 e. The Labute approximate surface area is 152 Å². The van der Waals surface area contributed by atoms with Gasteiger partial charge in [-0.3, -0.25) is 4.79 Å². The molecule has 0 aliphatic heterocycles. The summed E-state index contributed by atoms with van der Waals surface area (Å²) in [4.78, 5) is 24.4. The Morgan fingerprint density at radius 3 is 2.69 bits per heavy atom. The van der Waals surface area contributed by atoms with Gasteiger partial charge in [0, 0.05) is 6.26 Å². The molecule has 0 radical (unpaired) electrons. The van der Waals surface area contributed by atoms with Crippen molar-refractivity contribution in [2.24, 2.45) is 0 Å². The Morgan fingerprint density at radius 1 is 1.23 bits per heavy atom. The number of esters is 1. The molecule has 0 spiro atoms. The van der Waals surface area contributed by atoms with Gasteiger partial charge in [-0.1, -0.05) is 28.9 Å². The predicted octanol–water partition coefficient (Wildman–Crippen LogP) is 1.66. The van der Waals surface area contributed by atoms with Gasteiger partial charge < -0.3 is 4.74 Å². The number of fused-ring (bicyclic) bond motifs is 1. The standard InChI is InChI=1S/C16H12ClN3O5S/c1-26(23,24)10-6-7-13(17)12(8-10)16(22)25-9-20-15(21)11-4-2-3-5-14(11)18-19-20/h2-8H,9H2,1H3. The highest BCUT2D eigenvalue weighted by Crippen LogP contribution is 2.21. The van der Waals surface area contributed by atoms with Crippen molar-refractivity contribution in [2.75, 3.05) is 6.26 Å². The minimum atomic E-state index is -3.52. The predicted molar refractivity (Wildman–Crippen MR) is 93.8 cm³/mol. The fraction of sp³-hybridized carbons (Fsp3) is 0.125. The number of nitrogens with zero attached hydrogens (tertiary/aromatic N) is 3. The molecule has 0 bridgehead atoms. The maximum absolute atomic E-state index is 12.3. The van der Waals surface area contributed by atoms with Crippen LogP contribution in [0.25, 0.3) is 10.9 Å². The van der Waals surface area contributed by atoms with Crippen molar-refractivity contribution in [3.05, 3.63) is 63.4 Å². The van der Waals surface area contributed by atoms with Crippen molar-refractivity contribution in [2.45, 2.75) is 11.6 Å². The summed E-state index contributed by atoms with van der Waals surface area (Å²) >= 11 is 5.94. The van der Waals surface area contributed by atoms with E-state index >= 15 is 0 Å². The largest absolute Gasteiger partial charge is 0.438 e. The lowest BCUT2D eigenvalue weighted by Gasteiger charge is -2.08. The van der Waals surface area contributed by atoms with E-state index in [0.29, 0.717) is 10.9 Å². The first-order chi connectivity index (χ1) is 12.3. The van der Waals surface area contributed by atoms with Crippen LogP contribution < -0.4 is 5.56 Å². The Kier molecular flexibility index (Phi) is 4.75. The number of sulfone groups is 1. The summed E-state index contributed by atoms with van der Waals surface area (Å²) in [5.41, 5.74) is -0.181. The SMILES string of the molecule is CS(=O)(=O)c1ccc(Cl)c(C(=O)OCn2nnc3ccccc3c2=O)c1. The second kappa shape index (κ2) is 6.85. The molecule has 3 aromatic rings. The second-order valence-corrected chi connectivity index (χ2v) is 7.81. The van der Waals surface area contributed by atoms with Crippen LogP contribution in [0.2, 0.25) is 5.02 Å². The van der Waals surface area contributed by atoms with Crippen molar-refractivity contribution in [1.82, 2.24) is 15.0 Å². The minimum Gasteiger partial charge on any atom is -0.438 e. The molecule has 0 amide bonds. The molecule has 26 heavy (non-hydrogen) atoms. The van der Waals surface area contributed by atoms with Gasteiger partial charge in [0.25, 0.3) is 5.56 Å². The number of carbonyl (C=O) groups is 1. The number of rotatable bonds is 4. The smallest absolute Gasteiger partial charge is 0.341 e. The maximum atomic E-state index is 12.3. The van der Waals surface area contributed by atoms with Crippen molar-refractivity contribution in [3.63, 3.8) is 0 Å². The van der Waals surface area contributed by atoms with Crippen molar-refractivity contribution >= 4 is 38.3 Å². The average molecular weight is 394 g/mol. The van der Waals surface area contributed by atoms with Crippen LogP contribution in [-0.2, 0) is 21.3 Å². The second-order valence-electron chi connectivity index (χ2n) is 5.39. The molecule has 134 valence electrons. The monoisotopic (exact) mass is 393 g/mol. The quantitative estimate of drug-likeness (QED) is 0.620. The van der Waals surface area contributed by atoms with Crippen LogP contribution >= 0.6 is 11.6 Å². The molecule has 0 N–H and O–H groups in total. The molecule has 1 heterocycles. The third kappa shape index (κ3) is 3.58. The molecule has 10 heteroatoms. The molecule has 2 aromatic carbocycles. The number of hydrogen-bond donors (Lipinski definition) is 0. The lowest BCUT2D eigenvalue weighted by atomic mass is 10.2. The number of hydrogen-bond acceptors (Lipinski definition) is 7. The van der Waals surface area contributed by atoms with E-state index in [1.54, 1.807) is 24.3 Å². The van der Waals surface area contributed by atoms with Gasteiger partial charge in [0.1, 0.15) is 5.52 Å². The van der Waals surface area contributed by atoms with Gasteiger partial charge in [0.2, 0.25) is 0 Å².